The van der Waals surface area contributed by atoms with Gasteiger partial charge in [0, 0.05) is 5.56 Å². The largest absolute Gasteiger partial charge is 0.492 e. The predicted molar refractivity (Wildman–Crippen MR) is 113 cm³/mol. The van der Waals surface area contributed by atoms with Gasteiger partial charge >= 0.3 is 5.97 Å². The number of benzene rings is 3. The molecular weight excluding hydrogens is 382 g/mol. The molecule has 3 rings (SSSR count). The molecule has 1 N–H and O–H groups in total. The van der Waals surface area contributed by atoms with Gasteiger partial charge in [-0.25, -0.2) is 4.79 Å². The zero-order chi connectivity index (χ0) is 21.2. The van der Waals surface area contributed by atoms with Crippen molar-refractivity contribution in [1.82, 2.24) is 0 Å². The zero-order valence-electron chi connectivity index (χ0n) is 16.6. The first-order chi connectivity index (χ1) is 14.7. The highest BCUT2D eigenvalue weighted by atomic mass is 16.6. The van der Waals surface area contributed by atoms with Gasteiger partial charge in [-0.05, 0) is 31.2 Å². The predicted octanol–water partition coefficient (Wildman–Crippen LogP) is 4.39. The average molecular weight is 405 g/mol. The minimum atomic E-state index is -1.13. The fraction of sp³-hybridized carbons (Fsp3) is 0.167. The number of esters is 1. The second-order valence-electron chi connectivity index (χ2n) is 6.30. The quantitative estimate of drug-likeness (QED) is 0.535. The molecule has 0 fully saturated rings. The summed E-state index contributed by atoms with van der Waals surface area (Å²) < 4.78 is 16.5. The Hall–Kier alpha value is -3.80. The molecule has 1 amide bonds. The standard InChI is InChI=1S/C24H23NO5/c1-2-28-21-16-10-9-15-20(21)25-24(27)23(18-11-5-3-6-12-18)30-22(26)17-29-19-13-7-4-8-14-19/h3-16,23H,2,17H2,1H3,(H,25,27)/t23-/m1/s1. The lowest BCUT2D eigenvalue weighted by atomic mass is 10.1. The van der Waals surface area contributed by atoms with Crippen LogP contribution in [0.4, 0.5) is 5.69 Å². The van der Waals surface area contributed by atoms with E-state index in [0.29, 0.717) is 29.4 Å². The molecular formula is C24H23NO5. The van der Waals surface area contributed by atoms with E-state index in [9.17, 15) is 9.59 Å². The molecule has 30 heavy (non-hydrogen) atoms. The van der Waals surface area contributed by atoms with Crippen molar-refractivity contribution in [1.29, 1.82) is 0 Å². The maximum Gasteiger partial charge on any atom is 0.345 e. The summed E-state index contributed by atoms with van der Waals surface area (Å²) in [7, 11) is 0. The Balaban J connectivity index is 1.72. The van der Waals surface area contributed by atoms with E-state index < -0.39 is 18.0 Å². The van der Waals surface area contributed by atoms with Crippen LogP contribution in [0.3, 0.4) is 0 Å². The number of hydrogen-bond donors (Lipinski definition) is 1. The van der Waals surface area contributed by atoms with Crippen LogP contribution in [0.1, 0.15) is 18.6 Å². The number of carbonyl (C=O) groups excluding carboxylic acids is 2. The van der Waals surface area contributed by atoms with Crippen LogP contribution in [0.25, 0.3) is 0 Å². The van der Waals surface area contributed by atoms with Crippen molar-refractivity contribution < 1.29 is 23.8 Å². The smallest absolute Gasteiger partial charge is 0.345 e. The third-order valence-electron chi connectivity index (χ3n) is 4.13. The average Bonchev–Trinajstić information content (AvgIpc) is 2.79. The van der Waals surface area contributed by atoms with Crippen LogP contribution in [-0.2, 0) is 14.3 Å². The number of amides is 1. The lowest BCUT2D eigenvalue weighted by Crippen LogP contribution is -2.28. The summed E-state index contributed by atoms with van der Waals surface area (Å²) in [4.78, 5) is 25.4. The minimum absolute atomic E-state index is 0.309. The van der Waals surface area contributed by atoms with Crippen LogP contribution in [-0.4, -0.2) is 25.1 Å². The van der Waals surface area contributed by atoms with Gasteiger partial charge in [0.25, 0.3) is 5.91 Å². The number of carbonyl (C=O) groups is 2. The van der Waals surface area contributed by atoms with Gasteiger partial charge in [0.2, 0.25) is 6.10 Å². The van der Waals surface area contributed by atoms with Gasteiger partial charge in [0.15, 0.2) is 6.61 Å². The SMILES string of the molecule is CCOc1ccccc1NC(=O)[C@H](OC(=O)COc1ccccc1)c1ccccc1. The monoisotopic (exact) mass is 405 g/mol. The number of nitrogens with one attached hydrogen (secondary N) is 1. The molecule has 0 heterocycles. The normalized spacial score (nSPS) is 11.2. The lowest BCUT2D eigenvalue weighted by molar-refractivity contribution is -0.156. The highest BCUT2D eigenvalue weighted by Crippen LogP contribution is 2.26. The van der Waals surface area contributed by atoms with Gasteiger partial charge in [0.1, 0.15) is 11.5 Å². The second kappa shape index (κ2) is 10.7. The highest BCUT2D eigenvalue weighted by Gasteiger charge is 2.26. The van der Waals surface area contributed by atoms with Crippen LogP contribution >= 0.6 is 0 Å². The molecule has 0 saturated heterocycles. The van der Waals surface area contributed by atoms with E-state index in [-0.39, 0.29) is 6.61 Å². The van der Waals surface area contributed by atoms with E-state index in [1.54, 1.807) is 66.7 Å². The molecule has 6 heteroatoms. The van der Waals surface area contributed by atoms with Gasteiger partial charge in [-0.1, -0.05) is 60.7 Å². The van der Waals surface area contributed by atoms with Crippen molar-refractivity contribution in [2.75, 3.05) is 18.5 Å². The first-order valence-electron chi connectivity index (χ1n) is 9.62. The Morgan fingerprint density at radius 1 is 0.833 bits per heavy atom. The summed E-state index contributed by atoms with van der Waals surface area (Å²) in [5.41, 5.74) is 1.05. The zero-order valence-corrected chi connectivity index (χ0v) is 16.6. The molecule has 0 saturated carbocycles. The third-order valence-corrected chi connectivity index (χ3v) is 4.13. The van der Waals surface area contributed by atoms with E-state index in [0.717, 1.165) is 0 Å². The number of rotatable bonds is 9. The van der Waals surface area contributed by atoms with Crippen LogP contribution in [0.2, 0.25) is 0 Å². The highest BCUT2D eigenvalue weighted by molar-refractivity contribution is 5.97. The summed E-state index contributed by atoms with van der Waals surface area (Å²) in [6.45, 7) is 2.01. The number of hydrogen-bond acceptors (Lipinski definition) is 5. The van der Waals surface area contributed by atoms with Gasteiger partial charge in [-0.15, -0.1) is 0 Å². The summed E-state index contributed by atoms with van der Waals surface area (Å²) in [6, 6.07) is 24.8. The van der Waals surface area contributed by atoms with Crippen molar-refractivity contribution in [3.8, 4) is 11.5 Å². The topological polar surface area (TPSA) is 73.9 Å². The van der Waals surface area contributed by atoms with Crippen molar-refractivity contribution in [3.63, 3.8) is 0 Å². The first-order valence-corrected chi connectivity index (χ1v) is 9.62. The third kappa shape index (κ3) is 5.85. The van der Waals surface area contributed by atoms with Gasteiger partial charge in [-0.3, -0.25) is 4.79 Å². The Morgan fingerprint density at radius 3 is 2.17 bits per heavy atom. The summed E-state index contributed by atoms with van der Waals surface area (Å²) >= 11 is 0. The maximum absolute atomic E-state index is 13.0. The van der Waals surface area contributed by atoms with E-state index in [1.165, 1.54) is 0 Å². The van der Waals surface area contributed by atoms with Gasteiger partial charge in [-0.2, -0.15) is 0 Å². The number of anilines is 1. The lowest BCUT2D eigenvalue weighted by Gasteiger charge is -2.19. The Labute approximate surface area is 175 Å². The molecule has 0 aliphatic rings. The van der Waals surface area contributed by atoms with E-state index in [1.807, 2.05) is 25.1 Å². The van der Waals surface area contributed by atoms with Crippen LogP contribution < -0.4 is 14.8 Å². The van der Waals surface area contributed by atoms with E-state index in [4.69, 9.17) is 14.2 Å². The summed E-state index contributed by atoms with van der Waals surface area (Å²) in [5.74, 6) is -0.0536. The van der Waals surface area contributed by atoms with Crippen molar-refractivity contribution in [2.24, 2.45) is 0 Å². The summed E-state index contributed by atoms with van der Waals surface area (Å²) in [6.07, 6.45) is -1.13. The summed E-state index contributed by atoms with van der Waals surface area (Å²) in [5, 5.41) is 2.79. The molecule has 0 spiro atoms. The van der Waals surface area contributed by atoms with Crippen LogP contribution in [0.5, 0.6) is 11.5 Å². The molecule has 0 bridgehead atoms. The molecule has 3 aromatic carbocycles. The molecule has 3 aromatic rings. The second-order valence-corrected chi connectivity index (χ2v) is 6.30. The van der Waals surface area contributed by atoms with E-state index in [2.05, 4.69) is 5.32 Å². The molecule has 0 aliphatic heterocycles. The van der Waals surface area contributed by atoms with E-state index >= 15 is 0 Å². The fourth-order valence-corrected chi connectivity index (χ4v) is 2.77. The molecule has 0 unspecified atom stereocenters. The molecule has 0 radical (unpaired) electrons. The number of ether oxygens (including phenoxy) is 3. The molecule has 6 nitrogen and oxygen atoms in total. The number of para-hydroxylation sites is 3. The molecule has 0 aliphatic carbocycles. The van der Waals surface area contributed by atoms with Gasteiger partial charge < -0.3 is 19.5 Å². The first kappa shape index (κ1) is 20.9. The van der Waals surface area contributed by atoms with Crippen molar-refractivity contribution >= 4 is 17.6 Å². The molecule has 1 atom stereocenters. The Kier molecular flexibility index (Phi) is 7.44. The molecule has 0 aromatic heterocycles. The molecule has 154 valence electrons. The Bertz CT molecular complexity index is 960. The van der Waals surface area contributed by atoms with Crippen molar-refractivity contribution in [3.05, 3.63) is 90.5 Å². The fourth-order valence-electron chi connectivity index (χ4n) is 2.77. The van der Waals surface area contributed by atoms with Crippen LogP contribution in [0, 0.1) is 0 Å². The maximum atomic E-state index is 13.0. The minimum Gasteiger partial charge on any atom is -0.492 e. The van der Waals surface area contributed by atoms with Crippen molar-refractivity contribution in [2.45, 2.75) is 13.0 Å². The Morgan fingerprint density at radius 2 is 1.47 bits per heavy atom. The van der Waals surface area contributed by atoms with Crippen LogP contribution in [0.15, 0.2) is 84.9 Å². The van der Waals surface area contributed by atoms with Gasteiger partial charge in [0.05, 0.1) is 12.3 Å².